The van der Waals surface area contributed by atoms with E-state index in [1.54, 1.807) is 39.5 Å². The van der Waals surface area contributed by atoms with Gasteiger partial charge in [-0.3, -0.25) is 4.99 Å². The molecule has 0 radical (unpaired) electrons. The summed E-state index contributed by atoms with van der Waals surface area (Å²) in [6.07, 6.45) is 0. The number of ether oxygens (including phenoxy) is 2. The third-order valence-electron chi connectivity index (χ3n) is 3.63. The number of nitrogens with zero attached hydrogens (tertiary/aromatic N) is 1. The van der Waals surface area contributed by atoms with Gasteiger partial charge in [0.1, 0.15) is 5.82 Å². The average molecular weight is 538 g/mol. The number of guanidine groups is 1. The number of hydrogen-bond donors (Lipinski definition) is 2. The monoisotopic (exact) mass is 537 g/mol. The summed E-state index contributed by atoms with van der Waals surface area (Å²) < 4.78 is 25.2. The van der Waals surface area contributed by atoms with Crippen LogP contribution in [-0.4, -0.2) is 27.2 Å². The zero-order chi connectivity index (χ0) is 18.2. The molecule has 0 bridgehead atoms. The van der Waals surface area contributed by atoms with Crippen LogP contribution in [0.4, 0.5) is 4.39 Å². The second-order valence-electron chi connectivity index (χ2n) is 5.17. The van der Waals surface area contributed by atoms with E-state index < -0.39 is 0 Å². The molecule has 0 fully saturated rings. The van der Waals surface area contributed by atoms with Gasteiger partial charge in [-0.25, -0.2) is 4.39 Å². The van der Waals surface area contributed by atoms with Crippen molar-refractivity contribution in [3.05, 3.63) is 57.8 Å². The normalized spacial score (nSPS) is 10.7. The van der Waals surface area contributed by atoms with Gasteiger partial charge in [-0.2, -0.15) is 0 Å². The van der Waals surface area contributed by atoms with Gasteiger partial charge >= 0.3 is 0 Å². The first-order valence-electron chi connectivity index (χ1n) is 7.67. The predicted octanol–water partition coefficient (Wildman–Crippen LogP) is 4.09. The van der Waals surface area contributed by atoms with Gasteiger partial charge in [-0.05, 0) is 23.8 Å². The minimum atomic E-state index is -0.243. The van der Waals surface area contributed by atoms with Crippen LogP contribution in [0.15, 0.2) is 45.9 Å². The van der Waals surface area contributed by atoms with Crippen molar-refractivity contribution in [1.29, 1.82) is 0 Å². The Morgan fingerprint density at radius 2 is 1.62 bits per heavy atom. The largest absolute Gasteiger partial charge is 0.493 e. The minimum Gasteiger partial charge on any atom is -0.493 e. The first-order chi connectivity index (χ1) is 12.1. The fraction of sp³-hybridized carbons (Fsp3) is 0.278. The Balaban J connectivity index is 0.00000338. The van der Waals surface area contributed by atoms with Crippen molar-refractivity contribution in [2.24, 2.45) is 4.99 Å². The number of nitrogens with one attached hydrogen (secondary N) is 2. The lowest BCUT2D eigenvalue weighted by molar-refractivity contribution is 0.354. The molecule has 0 aliphatic heterocycles. The Morgan fingerprint density at radius 3 is 2.19 bits per heavy atom. The van der Waals surface area contributed by atoms with Gasteiger partial charge in [0, 0.05) is 30.2 Å². The van der Waals surface area contributed by atoms with Crippen molar-refractivity contribution < 1.29 is 13.9 Å². The zero-order valence-electron chi connectivity index (χ0n) is 14.8. The van der Waals surface area contributed by atoms with Crippen LogP contribution < -0.4 is 20.1 Å². The molecule has 142 valence electrons. The van der Waals surface area contributed by atoms with Gasteiger partial charge in [0.05, 0.1) is 14.2 Å². The number of halogens is 3. The summed E-state index contributed by atoms with van der Waals surface area (Å²) in [4.78, 5) is 4.15. The van der Waals surface area contributed by atoms with Crippen molar-refractivity contribution in [1.82, 2.24) is 10.6 Å². The number of rotatable bonds is 6. The number of methoxy groups -OCH3 is 2. The predicted molar refractivity (Wildman–Crippen MR) is 116 cm³/mol. The summed E-state index contributed by atoms with van der Waals surface area (Å²) in [5, 5.41) is 6.29. The highest BCUT2D eigenvalue weighted by atomic mass is 127. The molecule has 0 aromatic heterocycles. The maximum atomic E-state index is 13.7. The topological polar surface area (TPSA) is 54.9 Å². The second-order valence-corrected chi connectivity index (χ2v) is 6.02. The molecule has 2 rings (SSSR count). The lowest BCUT2D eigenvalue weighted by atomic mass is 10.2. The van der Waals surface area contributed by atoms with Crippen molar-refractivity contribution in [2.75, 3.05) is 21.3 Å². The molecule has 2 N–H and O–H groups in total. The molecule has 0 atom stereocenters. The van der Waals surface area contributed by atoms with Crippen molar-refractivity contribution >= 4 is 45.9 Å². The Hall–Kier alpha value is -1.55. The van der Waals surface area contributed by atoms with E-state index in [1.165, 1.54) is 6.07 Å². The van der Waals surface area contributed by atoms with Crippen molar-refractivity contribution in [3.8, 4) is 11.5 Å². The van der Waals surface area contributed by atoms with Gasteiger partial charge in [-0.15, -0.1) is 24.0 Å². The molecule has 2 aromatic rings. The first-order valence-corrected chi connectivity index (χ1v) is 8.46. The van der Waals surface area contributed by atoms with E-state index >= 15 is 0 Å². The first kappa shape index (κ1) is 22.5. The molecule has 0 aliphatic carbocycles. The fourth-order valence-electron chi connectivity index (χ4n) is 2.25. The van der Waals surface area contributed by atoms with Crippen molar-refractivity contribution in [3.63, 3.8) is 0 Å². The van der Waals surface area contributed by atoms with Crippen LogP contribution in [-0.2, 0) is 13.1 Å². The van der Waals surface area contributed by atoms with Crippen LogP contribution in [0.1, 0.15) is 11.1 Å². The molecule has 0 unspecified atom stereocenters. The van der Waals surface area contributed by atoms with Gasteiger partial charge in [0.25, 0.3) is 0 Å². The molecular formula is C18H22BrFIN3O2. The smallest absolute Gasteiger partial charge is 0.191 e. The molecule has 5 nitrogen and oxygen atoms in total. The maximum Gasteiger partial charge on any atom is 0.191 e. The highest BCUT2D eigenvalue weighted by molar-refractivity contribution is 14.0. The molecular weight excluding hydrogens is 516 g/mol. The Kier molecular flexibility index (Phi) is 9.71. The number of hydrogen-bond acceptors (Lipinski definition) is 3. The Morgan fingerprint density at radius 1 is 1.04 bits per heavy atom. The van der Waals surface area contributed by atoms with Crippen LogP contribution in [0.5, 0.6) is 11.5 Å². The molecule has 0 saturated carbocycles. The second kappa shape index (κ2) is 11.2. The van der Waals surface area contributed by atoms with Gasteiger partial charge in [-0.1, -0.05) is 34.1 Å². The Bertz CT molecular complexity index is 759. The van der Waals surface area contributed by atoms with Gasteiger partial charge in [0.15, 0.2) is 17.5 Å². The minimum absolute atomic E-state index is 0. The summed E-state index contributed by atoms with van der Waals surface area (Å²) in [5.74, 6) is 1.63. The molecule has 0 spiro atoms. The molecule has 0 aliphatic rings. The molecule has 0 amide bonds. The van der Waals surface area contributed by atoms with Crippen molar-refractivity contribution in [2.45, 2.75) is 13.1 Å². The number of benzene rings is 2. The van der Waals surface area contributed by atoms with Crippen LogP contribution in [0.3, 0.4) is 0 Å². The molecule has 0 heterocycles. The lowest BCUT2D eigenvalue weighted by Crippen LogP contribution is -2.36. The van der Waals surface area contributed by atoms with E-state index in [1.807, 2.05) is 12.1 Å². The van der Waals surface area contributed by atoms with Gasteiger partial charge < -0.3 is 20.1 Å². The molecule has 8 heteroatoms. The summed E-state index contributed by atoms with van der Waals surface area (Å²) in [6, 6.07) is 10.4. The summed E-state index contributed by atoms with van der Waals surface area (Å²) in [6.45, 7) is 0.858. The Labute approximate surface area is 178 Å². The van der Waals surface area contributed by atoms with Crippen LogP contribution in [0.25, 0.3) is 0 Å². The lowest BCUT2D eigenvalue weighted by Gasteiger charge is -2.15. The molecule has 2 aromatic carbocycles. The maximum absolute atomic E-state index is 13.7. The van der Waals surface area contributed by atoms with Crippen LogP contribution in [0, 0.1) is 5.82 Å². The van der Waals surface area contributed by atoms with Gasteiger partial charge in [0.2, 0.25) is 0 Å². The number of aliphatic imine (C=N–C) groups is 1. The van der Waals surface area contributed by atoms with E-state index in [4.69, 9.17) is 9.47 Å². The highest BCUT2D eigenvalue weighted by Crippen LogP contribution is 2.33. The fourth-order valence-corrected chi connectivity index (χ4v) is 2.71. The highest BCUT2D eigenvalue weighted by Gasteiger charge is 2.10. The standard InChI is InChI=1S/C18H21BrFN3O2.HI/c1-21-18(22-10-12-6-4-5-7-15(12)20)23-11-13-8-16(24-2)17(25-3)9-14(13)19;/h4-9H,10-11H2,1-3H3,(H2,21,22,23);1H. The van der Waals surface area contributed by atoms with E-state index in [2.05, 4.69) is 31.6 Å². The van der Waals surface area contributed by atoms with Crippen LogP contribution in [0.2, 0.25) is 0 Å². The van der Waals surface area contributed by atoms with E-state index in [9.17, 15) is 4.39 Å². The molecule has 26 heavy (non-hydrogen) atoms. The SMILES string of the molecule is CN=C(NCc1ccccc1F)NCc1cc(OC)c(OC)cc1Br.I. The van der Waals surface area contributed by atoms with Crippen LogP contribution >= 0.6 is 39.9 Å². The summed E-state index contributed by atoms with van der Waals surface area (Å²) >= 11 is 3.52. The third kappa shape index (κ3) is 6.01. The van der Waals surface area contributed by atoms with E-state index in [0.717, 1.165) is 10.0 Å². The quantitative estimate of drug-likeness (QED) is 0.331. The van der Waals surface area contributed by atoms with E-state index in [-0.39, 0.29) is 29.8 Å². The third-order valence-corrected chi connectivity index (χ3v) is 4.36. The zero-order valence-corrected chi connectivity index (χ0v) is 18.7. The molecule has 0 saturated heterocycles. The average Bonchev–Trinajstić information content (AvgIpc) is 2.63. The van der Waals surface area contributed by atoms with E-state index in [0.29, 0.717) is 36.1 Å². The summed E-state index contributed by atoms with van der Waals surface area (Å²) in [7, 11) is 4.86. The summed E-state index contributed by atoms with van der Waals surface area (Å²) in [5.41, 5.74) is 1.56.